The highest BCUT2D eigenvalue weighted by atomic mass is 79.9. The Balaban J connectivity index is 2.34. The third-order valence-corrected chi connectivity index (χ3v) is 3.47. The normalized spacial score (nSPS) is 12.5. The fourth-order valence-electron chi connectivity index (χ4n) is 1.28. The molecule has 0 saturated heterocycles. The van der Waals surface area contributed by atoms with Gasteiger partial charge >= 0.3 is 0 Å². The van der Waals surface area contributed by atoms with E-state index in [0.29, 0.717) is 22.7 Å². The summed E-state index contributed by atoms with van der Waals surface area (Å²) in [6.45, 7) is 2.82. The Labute approximate surface area is 113 Å². The molecular formula is C12H15Br2FO. The lowest BCUT2D eigenvalue weighted by Gasteiger charge is -2.11. The van der Waals surface area contributed by atoms with Crippen molar-refractivity contribution in [2.45, 2.75) is 19.8 Å². The van der Waals surface area contributed by atoms with Crippen molar-refractivity contribution in [2.75, 3.05) is 11.9 Å². The van der Waals surface area contributed by atoms with Crippen molar-refractivity contribution < 1.29 is 9.13 Å². The summed E-state index contributed by atoms with van der Waals surface area (Å²) >= 11 is 6.51. The van der Waals surface area contributed by atoms with Crippen molar-refractivity contribution in [1.29, 1.82) is 0 Å². The zero-order chi connectivity index (χ0) is 12.0. The van der Waals surface area contributed by atoms with Crippen molar-refractivity contribution in [3.05, 3.63) is 28.5 Å². The maximum Gasteiger partial charge on any atom is 0.141 e. The number of benzene rings is 1. The summed E-state index contributed by atoms with van der Waals surface area (Å²) in [5.74, 6) is 0.928. The molecule has 1 atom stereocenters. The zero-order valence-electron chi connectivity index (χ0n) is 9.18. The molecule has 1 rings (SSSR count). The number of ether oxygens (including phenoxy) is 1. The second-order valence-corrected chi connectivity index (χ2v) is 5.44. The Bertz CT molecular complexity index is 331. The molecule has 0 bridgehead atoms. The average molecular weight is 354 g/mol. The highest BCUT2D eigenvalue weighted by Gasteiger charge is 2.04. The van der Waals surface area contributed by atoms with Crippen LogP contribution in [0.25, 0.3) is 0 Å². The van der Waals surface area contributed by atoms with E-state index in [1.54, 1.807) is 12.1 Å². The molecule has 0 fully saturated rings. The van der Waals surface area contributed by atoms with Crippen LogP contribution in [0.5, 0.6) is 5.75 Å². The summed E-state index contributed by atoms with van der Waals surface area (Å²) in [5, 5.41) is 1.01. The summed E-state index contributed by atoms with van der Waals surface area (Å²) in [4.78, 5) is 0. The standard InChI is InChI=1S/C12H15Br2FO/c1-9(4-6-13)5-7-16-10-2-3-11(14)12(15)8-10/h2-3,8-9H,4-7H2,1H3. The van der Waals surface area contributed by atoms with E-state index in [1.807, 2.05) is 0 Å². The fourth-order valence-corrected chi connectivity index (χ4v) is 2.30. The Morgan fingerprint density at radius 1 is 1.38 bits per heavy atom. The highest BCUT2D eigenvalue weighted by molar-refractivity contribution is 9.10. The second-order valence-electron chi connectivity index (χ2n) is 3.80. The van der Waals surface area contributed by atoms with Gasteiger partial charge < -0.3 is 4.74 Å². The van der Waals surface area contributed by atoms with Gasteiger partial charge in [0.1, 0.15) is 11.6 Å². The van der Waals surface area contributed by atoms with Crippen LogP contribution in [0, 0.1) is 11.7 Å². The van der Waals surface area contributed by atoms with E-state index in [2.05, 4.69) is 38.8 Å². The van der Waals surface area contributed by atoms with Gasteiger partial charge in [0.25, 0.3) is 0 Å². The fraction of sp³-hybridized carbons (Fsp3) is 0.500. The van der Waals surface area contributed by atoms with E-state index < -0.39 is 0 Å². The molecule has 1 unspecified atom stereocenters. The van der Waals surface area contributed by atoms with Crippen LogP contribution >= 0.6 is 31.9 Å². The van der Waals surface area contributed by atoms with Crippen LogP contribution < -0.4 is 4.74 Å². The molecule has 0 amide bonds. The molecule has 0 radical (unpaired) electrons. The van der Waals surface area contributed by atoms with Gasteiger partial charge in [-0.3, -0.25) is 0 Å². The first-order chi connectivity index (χ1) is 7.63. The van der Waals surface area contributed by atoms with Crippen molar-refractivity contribution in [3.63, 3.8) is 0 Å². The predicted octanol–water partition coefficient (Wildman–Crippen LogP) is 4.78. The monoisotopic (exact) mass is 352 g/mol. The second kappa shape index (κ2) is 7.28. The van der Waals surface area contributed by atoms with Gasteiger partial charge in [0.05, 0.1) is 11.1 Å². The minimum atomic E-state index is -0.286. The Kier molecular flexibility index (Phi) is 6.36. The van der Waals surface area contributed by atoms with E-state index in [4.69, 9.17) is 4.74 Å². The first kappa shape index (κ1) is 14.0. The quantitative estimate of drug-likeness (QED) is 0.669. The molecule has 0 aromatic heterocycles. The first-order valence-electron chi connectivity index (χ1n) is 5.27. The number of rotatable bonds is 6. The third-order valence-electron chi connectivity index (χ3n) is 2.37. The van der Waals surface area contributed by atoms with Gasteiger partial charge in [-0.05, 0) is 46.8 Å². The molecule has 1 aromatic rings. The zero-order valence-corrected chi connectivity index (χ0v) is 12.4. The smallest absolute Gasteiger partial charge is 0.141 e. The predicted molar refractivity (Wildman–Crippen MR) is 71.8 cm³/mol. The summed E-state index contributed by atoms with van der Waals surface area (Å²) < 4.78 is 19.1. The van der Waals surface area contributed by atoms with Crippen molar-refractivity contribution in [3.8, 4) is 5.75 Å². The van der Waals surface area contributed by atoms with E-state index in [9.17, 15) is 4.39 Å². The van der Waals surface area contributed by atoms with Gasteiger partial charge in [0, 0.05) is 11.4 Å². The van der Waals surface area contributed by atoms with Gasteiger partial charge in [-0.25, -0.2) is 4.39 Å². The third kappa shape index (κ3) is 4.83. The molecule has 0 heterocycles. The number of hydrogen-bond acceptors (Lipinski definition) is 1. The molecular weight excluding hydrogens is 339 g/mol. The van der Waals surface area contributed by atoms with Gasteiger partial charge in [0.2, 0.25) is 0 Å². The van der Waals surface area contributed by atoms with Crippen molar-refractivity contribution in [1.82, 2.24) is 0 Å². The molecule has 0 aliphatic heterocycles. The lowest BCUT2D eigenvalue weighted by atomic mass is 10.1. The lowest BCUT2D eigenvalue weighted by molar-refractivity contribution is 0.281. The van der Waals surface area contributed by atoms with Gasteiger partial charge in [-0.1, -0.05) is 22.9 Å². The Hall–Kier alpha value is -0.0900. The summed E-state index contributed by atoms with van der Waals surface area (Å²) in [6.07, 6.45) is 2.13. The first-order valence-corrected chi connectivity index (χ1v) is 7.18. The van der Waals surface area contributed by atoms with Gasteiger partial charge in [-0.15, -0.1) is 0 Å². The van der Waals surface area contributed by atoms with Gasteiger partial charge in [-0.2, -0.15) is 0 Å². The average Bonchev–Trinajstić information content (AvgIpc) is 2.24. The number of halogens is 3. The molecule has 16 heavy (non-hydrogen) atoms. The minimum Gasteiger partial charge on any atom is -0.493 e. The molecule has 4 heteroatoms. The molecule has 0 aliphatic carbocycles. The maximum absolute atomic E-state index is 13.2. The Morgan fingerprint density at radius 2 is 2.12 bits per heavy atom. The number of alkyl halides is 1. The van der Waals surface area contributed by atoms with E-state index >= 15 is 0 Å². The lowest BCUT2D eigenvalue weighted by Crippen LogP contribution is -2.04. The van der Waals surface area contributed by atoms with E-state index in [-0.39, 0.29) is 5.82 Å². The summed E-state index contributed by atoms with van der Waals surface area (Å²) in [7, 11) is 0. The van der Waals surface area contributed by atoms with Crippen molar-refractivity contribution in [2.24, 2.45) is 5.92 Å². The van der Waals surface area contributed by atoms with Crippen LogP contribution in [-0.2, 0) is 0 Å². The van der Waals surface area contributed by atoms with Crippen LogP contribution in [0.2, 0.25) is 0 Å². The van der Waals surface area contributed by atoms with Crippen LogP contribution in [0.15, 0.2) is 22.7 Å². The minimum absolute atomic E-state index is 0.286. The topological polar surface area (TPSA) is 9.23 Å². The highest BCUT2D eigenvalue weighted by Crippen LogP contribution is 2.21. The van der Waals surface area contributed by atoms with Crippen LogP contribution in [-0.4, -0.2) is 11.9 Å². The number of hydrogen-bond donors (Lipinski definition) is 0. The SMILES string of the molecule is CC(CCBr)CCOc1ccc(Br)c(F)c1. The van der Waals surface area contributed by atoms with Crippen LogP contribution in [0.4, 0.5) is 4.39 Å². The van der Waals surface area contributed by atoms with Crippen LogP contribution in [0.3, 0.4) is 0 Å². The summed E-state index contributed by atoms with van der Waals surface area (Å²) in [6, 6.07) is 4.83. The van der Waals surface area contributed by atoms with Crippen LogP contribution in [0.1, 0.15) is 19.8 Å². The molecule has 0 N–H and O–H groups in total. The molecule has 90 valence electrons. The molecule has 0 spiro atoms. The molecule has 1 nitrogen and oxygen atoms in total. The Morgan fingerprint density at radius 3 is 2.75 bits per heavy atom. The largest absolute Gasteiger partial charge is 0.493 e. The molecule has 0 saturated carbocycles. The molecule has 0 aliphatic rings. The maximum atomic E-state index is 13.2. The van der Waals surface area contributed by atoms with Crippen molar-refractivity contribution >= 4 is 31.9 Å². The summed E-state index contributed by atoms with van der Waals surface area (Å²) in [5.41, 5.74) is 0. The van der Waals surface area contributed by atoms with E-state index in [1.165, 1.54) is 6.07 Å². The molecule has 1 aromatic carbocycles. The van der Waals surface area contributed by atoms with E-state index in [0.717, 1.165) is 18.2 Å². The van der Waals surface area contributed by atoms with Gasteiger partial charge in [0.15, 0.2) is 0 Å².